The number of benzene rings is 3. The van der Waals surface area contributed by atoms with Gasteiger partial charge in [0.2, 0.25) is 0 Å². The van der Waals surface area contributed by atoms with Crippen LogP contribution in [0.3, 0.4) is 0 Å². The molecule has 29 heavy (non-hydrogen) atoms. The van der Waals surface area contributed by atoms with Crippen molar-refractivity contribution < 1.29 is 22.7 Å². The fourth-order valence-electron chi connectivity index (χ4n) is 3.30. The van der Waals surface area contributed by atoms with Crippen LogP contribution in [0.4, 0.5) is 30.2 Å². The smallest absolute Gasteiger partial charge is 0.416 e. The van der Waals surface area contributed by atoms with E-state index in [4.69, 9.17) is 4.74 Å². The fraction of sp³-hybridized carbons (Fsp3) is 0.136. The number of hydrogen-bond donors (Lipinski definition) is 1. The van der Waals surface area contributed by atoms with Crippen molar-refractivity contribution in [2.24, 2.45) is 0 Å². The van der Waals surface area contributed by atoms with E-state index in [1.54, 1.807) is 48.4 Å². The Morgan fingerprint density at radius 1 is 0.966 bits per heavy atom. The second kappa shape index (κ2) is 7.16. The van der Waals surface area contributed by atoms with E-state index < -0.39 is 11.7 Å². The third-order valence-electron chi connectivity index (χ3n) is 4.79. The highest BCUT2D eigenvalue weighted by Crippen LogP contribution is 2.39. The van der Waals surface area contributed by atoms with Crippen molar-refractivity contribution in [1.29, 1.82) is 0 Å². The van der Waals surface area contributed by atoms with Gasteiger partial charge in [-0.3, -0.25) is 4.79 Å². The maximum Gasteiger partial charge on any atom is 0.416 e. The molecule has 0 aromatic heterocycles. The zero-order chi connectivity index (χ0) is 20.6. The van der Waals surface area contributed by atoms with Crippen LogP contribution in [0.2, 0.25) is 0 Å². The third kappa shape index (κ3) is 3.63. The maximum atomic E-state index is 13.3. The minimum absolute atomic E-state index is 0.134. The summed E-state index contributed by atoms with van der Waals surface area (Å²) >= 11 is 0. The van der Waals surface area contributed by atoms with Crippen molar-refractivity contribution >= 4 is 23.0 Å². The fourth-order valence-corrected chi connectivity index (χ4v) is 3.30. The van der Waals surface area contributed by atoms with Crippen LogP contribution in [-0.4, -0.2) is 13.0 Å². The van der Waals surface area contributed by atoms with Gasteiger partial charge >= 0.3 is 6.18 Å². The van der Waals surface area contributed by atoms with Gasteiger partial charge in [0.25, 0.3) is 5.91 Å². The number of fused-ring (bicyclic) bond motifs is 2. The van der Waals surface area contributed by atoms with Crippen LogP contribution >= 0.6 is 0 Å². The average molecular weight is 398 g/mol. The zero-order valence-corrected chi connectivity index (χ0v) is 15.5. The normalized spacial score (nSPS) is 13.2. The van der Waals surface area contributed by atoms with Gasteiger partial charge in [0, 0.05) is 0 Å². The maximum absolute atomic E-state index is 13.3. The van der Waals surface area contributed by atoms with E-state index in [0.29, 0.717) is 17.1 Å². The van der Waals surface area contributed by atoms with Crippen molar-refractivity contribution in [3.8, 4) is 5.75 Å². The SMILES string of the molecule is COc1ccc(CN2C(=O)c3ccc(C(F)(F)F)cc3Nc3ccccc32)cc1. The van der Waals surface area contributed by atoms with Crippen molar-refractivity contribution in [3.05, 3.63) is 83.4 Å². The number of amides is 1. The average Bonchev–Trinajstić information content (AvgIpc) is 2.82. The van der Waals surface area contributed by atoms with Gasteiger partial charge in [0.05, 0.1) is 41.8 Å². The first-order valence-electron chi connectivity index (χ1n) is 8.89. The number of carbonyl (C=O) groups is 1. The first-order valence-corrected chi connectivity index (χ1v) is 8.89. The molecular weight excluding hydrogens is 381 g/mol. The Bertz CT molecular complexity index is 1060. The number of nitrogens with one attached hydrogen (secondary N) is 1. The minimum Gasteiger partial charge on any atom is -0.497 e. The Morgan fingerprint density at radius 2 is 1.69 bits per heavy atom. The number of hydrogen-bond acceptors (Lipinski definition) is 3. The van der Waals surface area contributed by atoms with Gasteiger partial charge in [0.15, 0.2) is 0 Å². The lowest BCUT2D eigenvalue weighted by molar-refractivity contribution is -0.137. The number of para-hydroxylation sites is 2. The number of methoxy groups -OCH3 is 1. The second-order valence-corrected chi connectivity index (χ2v) is 6.64. The standard InChI is InChI=1S/C22H17F3N2O2/c1-29-16-9-6-14(7-10-16)13-27-20-5-3-2-4-18(20)26-19-12-15(22(23,24)25)8-11-17(19)21(27)28/h2-12,26H,13H2,1H3. The highest BCUT2D eigenvalue weighted by molar-refractivity contribution is 6.13. The highest BCUT2D eigenvalue weighted by atomic mass is 19.4. The zero-order valence-electron chi connectivity index (χ0n) is 15.5. The second-order valence-electron chi connectivity index (χ2n) is 6.64. The van der Waals surface area contributed by atoms with Crippen LogP contribution < -0.4 is 15.0 Å². The molecule has 1 N–H and O–H groups in total. The largest absolute Gasteiger partial charge is 0.497 e. The number of halogens is 3. The molecule has 0 radical (unpaired) electrons. The van der Waals surface area contributed by atoms with Crippen LogP contribution in [0.1, 0.15) is 21.5 Å². The van der Waals surface area contributed by atoms with E-state index >= 15 is 0 Å². The van der Waals surface area contributed by atoms with Crippen molar-refractivity contribution in [3.63, 3.8) is 0 Å². The predicted molar refractivity (Wildman–Crippen MR) is 105 cm³/mol. The molecule has 0 spiro atoms. The van der Waals surface area contributed by atoms with Gasteiger partial charge in [0.1, 0.15) is 5.75 Å². The molecule has 1 amide bonds. The van der Waals surface area contributed by atoms with Gasteiger partial charge in [-0.1, -0.05) is 24.3 Å². The van der Waals surface area contributed by atoms with E-state index in [0.717, 1.165) is 17.7 Å². The number of ether oxygens (including phenoxy) is 1. The predicted octanol–water partition coefficient (Wildman–Crippen LogP) is 5.62. The van der Waals surface area contributed by atoms with Crippen LogP contribution in [0.15, 0.2) is 66.7 Å². The minimum atomic E-state index is -4.49. The number of nitrogens with zero attached hydrogens (tertiary/aromatic N) is 1. The van der Waals surface area contributed by atoms with E-state index in [2.05, 4.69) is 5.32 Å². The van der Waals surface area contributed by atoms with Gasteiger partial charge in [-0.2, -0.15) is 13.2 Å². The Hall–Kier alpha value is -3.48. The topological polar surface area (TPSA) is 41.6 Å². The lowest BCUT2D eigenvalue weighted by Gasteiger charge is -2.23. The van der Waals surface area contributed by atoms with Gasteiger partial charge < -0.3 is 15.0 Å². The molecule has 3 aromatic rings. The highest BCUT2D eigenvalue weighted by Gasteiger charge is 2.33. The van der Waals surface area contributed by atoms with Crippen LogP contribution in [0.25, 0.3) is 0 Å². The molecule has 0 atom stereocenters. The molecule has 0 fully saturated rings. The lowest BCUT2D eigenvalue weighted by Crippen LogP contribution is -2.29. The monoisotopic (exact) mass is 398 g/mol. The Morgan fingerprint density at radius 3 is 2.38 bits per heavy atom. The molecule has 0 saturated heterocycles. The van der Waals surface area contributed by atoms with Crippen molar-refractivity contribution in [1.82, 2.24) is 0 Å². The van der Waals surface area contributed by atoms with Crippen LogP contribution in [-0.2, 0) is 12.7 Å². The molecule has 3 aromatic carbocycles. The summed E-state index contributed by atoms with van der Waals surface area (Å²) in [5.74, 6) is 0.324. The van der Waals surface area contributed by atoms with Crippen LogP contribution in [0.5, 0.6) is 5.75 Å². The van der Waals surface area contributed by atoms with Crippen LogP contribution in [0, 0.1) is 0 Å². The van der Waals surface area contributed by atoms with Gasteiger partial charge in [-0.25, -0.2) is 0 Å². The molecule has 1 aliphatic rings. The molecule has 0 saturated carbocycles. The molecule has 4 rings (SSSR count). The molecule has 7 heteroatoms. The molecule has 0 bridgehead atoms. The first-order chi connectivity index (χ1) is 13.9. The Balaban J connectivity index is 1.78. The van der Waals surface area contributed by atoms with E-state index in [-0.39, 0.29) is 23.7 Å². The third-order valence-corrected chi connectivity index (χ3v) is 4.79. The number of rotatable bonds is 3. The summed E-state index contributed by atoms with van der Waals surface area (Å²) in [5, 5.41) is 3.00. The molecule has 4 nitrogen and oxygen atoms in total. The quantitative estimate of drug-likeness (QED) is 0.623. The number of carbonyl (C=O) groups excluding carboxylic acids is 1. The summed E-state index contributed by atoms with van der Waals surface area (Å²) in [4.78, 5) is 14.8. The summed E-state index contributed by atoms with van der Waals surface area (Å²) in [5.41, 5.74) is 1.53. The molecule has 0 unspecified atom stereocenters. The molecule has 148 valence electrons. The van der Waals surface area contributed by atoms with E-state index in [1.807, 2.05) is 12.1 Å². The summed E-state index contributed by atoms with van der Waals surface area (Å²) in [7, 11) is 1.57. The first kappa shape index (κ1) is 18.9. The Labute approximate surface area is 165 Å². The van der Waals surface area contributed by atoms with E-state index in [9.17, 15) is 18.0 Å². The molecule has 0 aliphatic carbocycles. The van der Waals surface area contributed by atoms with Gasteiger partial charge in [-0.15, -0.1) is 0 Å². The summed E-state index contributed by atoms with van der Waals surface area (Å²) < 4.78 is 44.6. The molecule has 1 aliphatic heterocycles. The van der Waals surface area contributed by atoms with Gasteiger partial charge in [-0.05, 0) is 48.0 Å². The summed E-state index contributed by atoms with van der Waals surface area (Å²) in [6.45, 7) is 0.266. The van der Waals surface area contributed by atoms with Crippen molar-refractivity contribution in [2.75, 3.05) is 17.3 Å². The number of anilines is 3. The summed E-state index contributed by atoms with van der Waals surface area (Å²) in [6.07, 6.45) is -4.49. The lowest BCUT2D eigenvalue weighted by atomic mass is 10.1. The molecule has 1 heterocycles. The molecular formula is C22H17F3N2O2. The number of alkyl halides is 3. The summed E-state index contributed by atoms with van der Waals surface area (Å²) in [6, 6.07) is 17.5. The Kier molecular flexibility index (Phi) is 4.66. The van der Waals surface area contributed by atoms with E-state index in [1.165, 1.54) is 6.07 Å². The van der Waals surface area contributed by atoms with Crippen molar-refractivity contribution in [2.45, 2.75) is 12.7 Å².